The minimum Gasteiger partial charge on any atom is -0.355 e. The van der Waals surface area contributed by atoms with Crippen LogP contribution in [0.1, 0.15) is 43.7 Å². The summed E-state index contributed by atoms with van der Waals surface area (Å²) in [4.78, 5) is 24.9. The molecule has 2 aromatic carbocycles. The molecule has 1 unspecified atom stereocenters. The third-order valence-electron chi connectivity index (χ3n) is 5.99. The Labute approximate surface area is 206 Å². The molecule has 2 aromatic rings. The lowest BCUT2D eigenvalue weighted by Crippen LogP contribution is -2.51. The standard InChI is InChI=1S/C24H31ClN4O4S/c1-17-12-15-29(16-13-17)27-24(31)28-34(32,33)22-6-4-3-5-20(22)11-14-26-23(30)18(2)19-7-9-21(25)10-8-19/h3-10,17-18H,11-16H2,1-2H3,(H,26,30)(H2,27,28,31). The topological polar surface area (TPSA) is 108 Å². The third-order valence-corrected chi connectivity index (χ3v) is 7.67. The fourth-order valence-corrected chi connectivity index (χ4v) is 5.11. The molecular weight excluding hydrogens is 476 g/mol. The molecule has 34 heavy (non-hydrogen) atoms. The zero-order valence-corrected chi connectivity index (χ0v) is 21.0. The highest BCUT2D eigenvalue weighted by Gasteiger charge is 2.23. The average Bonchev–Trinajstić information content (AvgIpc) is 2.80. The summed E-state index contributed by atoms with van der Waals surface area (Å²) in [5.41, 5.74) is 3.96. The summed E-state index contributed by atoms with van der Waals surface area (Å²) in [7, 11) is -4.08. The lowest BCUT2D eigenvalue weighted by molar-refractivity contribution is -0.122. The zero-order valence-electron chi connectivity index (χ0n) is 19.4. The first kappa shape index (κ1) is 26.0. The van der Waals surface area contributed by atoms with Crippen LogP contribution in [0.3, 0.4) is 0 Å². The molecule has 1 saturated heterocycles. The smallest absolute Gasteiger partial charge is 0.343 e. The highest BCUT2D eigenvalue weighted by atomic mass is 35.5. The van der Waals surface area contributed by atoms with Crippen molar-refractivity contribution in [2.45, 2.75) is 43.9 Å². The summed E-state index contributed by atoms with van der Waals surface area (Å²) in [5.74, 6) is 0.0433. The van der Waals surface area contributed by atoms with Gasteiger partial charge >= 0.3 is 6.03 Å². The number of sulfonamides is 1. The molecule has 3 amide bonds. The number of urea groups is 1. The second kappa shape index (κ2) is 11.7. The lowest BCUT2D eigenvalue weighted by atomic mass is 10.0. The van der Waals surface area contributed by atoms with Crippen LogP contribution in [0.2, 0.25) is 5.02 Å². The van der Waals surface area contributed by atoms with Gasteiger partial charge in [-0.05, 0) is 61.4 Å². The molecule has 0 spiro atoms. The molecule has 0 aromatic heterocycles. The maximum Gasteiger partial charge on any atom is 0.343 e. The summed E-state index contributed by atoms with van der Waals surface area (Å²) < 4.78 is 27.9. The first-order valence-corrected chi connectivity index (χ1v) is 13.2. The number of piperidine rings is 1. The number of carbonyl (C=O) groups excluding carboxylic acids is 2. The number of hydrogen-bond donors (Lipinski definition) is 3. The van der Waals surface area contributed by atoms with E-state index in [4.69, 9.17) is 11.6 Å². The van der Waals surface area contributed by atoms with Crippen LogP contribution in [0.25, 0.3) is 0 Å². The Bertz CT molecular complexity index is 1100. The van der Waals surface area contributed by atoms with E-state index >= 15 is 0 Å². The highest BCUT2D eigenvalue weighted by Crippen LogP contribution is 2.19. The van der Waals surface area contributed by atoms with Crippen LogP contribution in [0.15, 0.2) is 53.4 Å². The first-order chi connectivity index (χ1) is 16.2. The number of hydrazine groups is 1. The fraction of sp³-hybridized carbons (Fsp3) is 0.417. The number of nitrogens with one attached hydrogen (secondary N) is 3. The molecule has 8 nitrogen and oxygen atoms in total. The second-order valence-electron chi connectivity index (χ2n) is 8.64. The van der Waals surface area contributed by atoms with Crippen molar-refractivity contribution < 1.29 is 18.0 Å². The van der Waals surface area contributed by atoms with Gasteiger partial charge in [-0.2, -0.15) is 0 Å². The van der Waals surface area contributed by atoms with E-state index in [1.807, 2.05) is 0 Å². The number of halogens is 1. The molecule has 0 aliphatic carbocycles. The molecule has 3 N–H and O–H groups in total. The minimum atomic E-state index is -4.08. The molecule has 10 heteroatoms. The van der Waals surface area contributed by atoms with Crippen LogP contribution in [0.5, 0.6) is 0 Å². The van der Waals surface area contributed by atoms with Gasteiger partial charge in [0.2, 0.25) is 5.91 Å². The zero-order chi connectivity index (χ0) is 24.7. The van der Waals surface area contributed by atoms with Crippen LogP contribution in [-0.4, -0.2) is 45.0 Å². The van der Waals surface area contributed by atoms with Crippen molar-refractivity contribution in [3.63, 3.8) is 0 Å². The van der Waals surface area contributed by atoms with Gasteiger partial charge in [0.25, 0.3) is 10.0 Å². The van der Waals surface area contributed by atoms with Gasteiger partial charge in [-0.3, -0.25) is 10.2 Å². The van der Waals surface area contributed by atoms with E-state index < -0.39 is 16.1 Å². The Morgan fingerprint density at radius 1 is 1.09 bits per heavy atom. The van der Waals surface area contributed by atoms with Gasteiger partial charge < -0.3 is 5.32 Å². The molecule has 0 bridgehead atoms. The number of nitrogens with zero attached hydrogens (tertiary/aromatic N) is 1. The van der Waals surface area contributed by atoms with E-state index in [1.165, 1.54) is 6.07 Å². The van der Waals surface area contributed by atoms with E-state index in [9.17, 15) is 18.0 Å². The largest absolute Gasteiger partial charge is 0.355 e. The number of hydrogen-bond acceptors (Lipinski definition) is 5. The van der Waals surface area contributed by atoms with E-state index in [2.05, 4.69) is 22.4 Å². The van der Waals surface area contributed by atoms with Crippen molar-refractivity contribution in [2.24, 2.45) is 5.92 Å². The van der Waals surface area contributed by atoms with Crippen LogP contribution >= 0.6 is 11.6 Å². The van der Waals surface area contributed by atoms with Crippen molar-refractivity contribution in [1.82, 2.24) is 20.5 Å². The molecule has 0 radical (unpaired) electrons. The Hall–Kier alpha value is -2.62. The average molecular weight is 507 g/mol. The first-order valence-electron chi connectivity index (χ1n) is 11.3. The number of benzene rings is 2. The van der Waals surface area contributed by atoms with Crippen molar-refractivity contribution in [3.8, 4) is 0 Å². The van der Waals surface area contributed by atoms with Crippen molar-refractivity contribution >= 4 is 33.6 Å². The van der Waals surface area contributed by atoms with Crippen LogP contribution in [0, 0.1) is 5.92 Å². The van der Waals surface area contributed by atoms with Crippen molar-refractivity contribution in [2.75, 3.05) is 19.6 Å². The highest BCUT2D eigenvalue weighted by molar-refractivity contribution is 7.90. The number of rotatable bonds is 8. The molecule has 1 heterocycles. The van der Waals surface area contributed by atoms with Gasteiger partial charge in [0.05, 0.1) is 10.8 Å². The monoisotopic (exact) mass is 506 g/mol. The summed E-state index contributed by atoms with van der Waals surface area (Å²) in [6.07, 6.45) is 2.18. The predicted octanol–water partition coefficient (Wildman–Crippen LogP) is 3.44. The maximum absolute atomic E-state index is 12.9. The molecule has 184 valence electrons. The Balaban J connectivity index is 1.57. The van der Waals surface area contributed by atoms with E-state index in [-0.39, 0.29) is 23.3 Å². The molecular formula is C24H31ClN4O4S. The second-order valence-corrected chi connectivity index (χ2v) is 10.7. The fourth-order valence-electron chi connectivity index (χ4n) is 3.81. The molecule has 1 aliphatic rings. The van der Waals surface area contributed by atoms with Crippen LogP contribution in [0.4, 0.5) is 4.79 Å². The molecule has 1 atom stereocenters. The Morgan fingerprint density at radius 2 is 1.74 bits per heavy atom. The minimum absolute atomic E-state index is 0.0115. The van der Waals surface area contributed by atoms with Crippen LogP contribution in [-0.2, 0) is 21.2 Å². The maximum atomic E-state index is 12.9. The van der Waals surface area contributed by atoms with Gasteiger partial charge in [-0.15, -0.1) is 0 Å². The Kier molecular flexibility index (Phi) is 8.93. The van der Waals surface area contributed by atoms with Gasteiger partial charge in [-0.25, -0.2) is 22.9 Å². The summed E-state index contributed by atoms with van der Waals surface area (Å²) >= 11 is 5.90. The van der Waals surface area contributed by atoms with Crippen molar-refractivity contribution in [1.29, 1.82) is 0 Å². The van der Waals surface area contributed by atoms with Crippen LogP contribution < -0.4 is 15.5 Å². The quantitative estimate of drug-likeness (QED) is 0.508. The molecule has 0 saturated carbocycles. The third kappa shape index (κ3) is 7.19. The molecule has 3 rings (SSSR count). The van der Waals surface area contributed by atoms with Gasteiger partial charge in [-0.1, -0.05) is 48.9 Å². The summed E-state index contributed by atoms with van der Waals surface area (Å²) in [6, 6.07) is 12.7. The molecule has 1 aliphatic heterocycles. The lowest BCUT2D eigenvalue weighted by Gasteiger charge is -2.30. The van der Waals surface area contributed by atoms with Gasteiger partial charge in [0, 0.05) is 24.7 Å². The number of amides is 3. The van der Waals surface area contributed by atoms with Gasteiger partial charge in [0.1, 0.15) is 0 Å². The molecule has 1 fully saturated rings. The van der Waals surface area contributed by atoms with E-state index in [0.29, 0.717) is 36.0 Å². The van der Waals surface area contributed by atoms with E-state index in [1.54, 1.807) is 54.4 Å². The predicted molar refractivity (Wildman–Crippen MR) is 132 cm³/mol. The van der Waals surface area contributed by atoms with Gasteiger partial charge in [0.15, 0.2) is 0 Å². The summed E-state index contributed by atoms with van der Waals surface area (Å²) in [5, 5.41) is 5.18. The normalized spacial score (nSPS) is 16.0. The van der Waals surface area contributed by atoms with E-state index in [0.717, 1.165) is 18.4 Å². The van der Waals surface area contributed by atoms with Crippen molar-refractivity contribution in [3.05, 3.63) is 64.7 Å². The summed E-state index contributed by atoms with van der Waals surface area (Å²) in [6.45, 7) is 5.56. The Morgan fingerprint density at radius 3 is 2.41 bits per heavy atom. The number of carbonyl (C=O) groups is 2. The SMILES string of the molecule is CC1CCN(NC(=O)NS(=O)(=O)c2ccccc2CCNC(=O)C(C)c2ccc(Cl)cc2)CC1.